The van der Waals surface area contributed by atoms with Gasteiger partial charge in [0.2, 0.25) is 0 Å². The van der Waals surface area contributed by atoms with E-state index in [0.29, 0.717) is 0 Å². The molecule has 0 aliphatic heterocycles. The first-order valence-electron chi connectivity index (χ1n) is 3.39. The van der Waals surface area contributed by atoms with Crippen LogP contribution in [0.4, 0.5) is 0 Å². The molecular formula is C5H9O6-. The summed E-state index contributed by atoms with van der Waals surface area (Å²) >= 11 is 0. The lowest BCUT2D eigenvalue weighted by Gasteiger charge is -2.07. The van der Waals surface area contributed by atoms with E-state index in [1.165, 1.54) is 0 Å². The van der Waals surface area contributed by atoms with Crippen LogP contribution in [0.5, 0.6) is 0 Å². The highest BCUT2D eigenvalue weighted by molar-refractivity contribution is 4.64. The lowest BCUT2D eigenvalue weighted by molar-refractivity contribution is -0.890. The maximum absolute atomic E-state index is 9.14. The van der Waals surface area contributed by atoms with Gasteiger partial charge in [-0.3, -0.25) is 5.04 Å². The Morgan fingerprint density at radius 2 is 1.73 bits per heavy atom. The van der Waals surface area contributed by atoms with Crippen molar-refractivity contribution in [3.63, 3.8) is 0 Å². The summed E-state index contributed by atoms with van der Waals surface area (Å²) in [5.41, 5.74) is 0. The van der Waals surface area contributed by atoms with Gasteiger partial charge in [0.1, 0.15) is 0 Å². The van der Waals surface area contributed by atoms with Crippen molar-refractivity contribution in [2.75, 3.05) is 0 Å². The predicted octanol–water partition coefficient (Wildman–Crippen LogP) is -0.0527. The van der Waals surface area contributed by atoms with Crippen LogP contribution in [0.15, 0.2) is 0 Å². The minimum Gasteiger partial charge on any atom is -0.689 e. The Hall–Kier alpha value is -0.240. The molecule has 1 aliphatic carbocycles. The van der Waals surface area contributed by atoms with Crippen molar-refractivity contribution < 1.29 is 30.3 Å². The van der Waals surface area contributed by atoms with E-state index in [9.17, 15) is 0 Å². The summed E-state index contributed by atoms with van der Waals surface area (Å²) in [6.07, 6.45) is 4.13. The molecule has 0 amide bonds. The summed E-state index contributed by atoms with van der Waals surface area (Å²) in [5, 5.41) is 23.1. The summed E-state index contributed by atoms with van der Waals surface area (Å²) in [4.78, 5) is 4.64. The van der Waals surface area contributed by atoms with Crippen LogP contribution in [0.2, 0.25) is 0 Å². The normalized spacial score (nSPS) is 19.4. The molecule has 0 saturated heterocycles. The predicted molar refractivity (Wildman–Crippen MR) is 27.7 cm³/mol. The second kappa shape index (κ2) is 5.42. The Morgan fingerprint density at radius 3 is 2.36 bits per heavy atom. The minimum atomic E-state index is 0.0326. The number of hydrogen-bond acceptors (Lipinski definition) is 6. The van der Waals surface area contributed by atoms with E-state index in [1.54, 1.807) is 0 Å². The molecule has 1 fully saturated rings. The fraction of sp³-hybridized carbons (Fsp3) is 1.00. The van der Waals surface area contributed by atoms with Gasteiger partial charge in [0.15, 0.2) is 0 Å². The molecule has 0 N–H and O–H groups in total. The third kappa shape index (κ3) is 3.61. The van der Waals surface area contributed by atoms with Crippen LogP contribution in [0.3, 0.4) is 0 Å². The Balaban J connectivity index is 1.86. The average Bonchev–Trinajstić information content (AvgIpc) is 2.50. The SMILES string of the molecule is [O-]OOOOOC1CCCC1. The third-order valence-electron chi connectivity index (χ3n) is 1.56. The molecule has 6 nitrogen and oxygen atoms in total. The minimum absolute atomic E-state index is 0.0326. The molecule has 66 valence electrons. The molecule has 0 aromatic rings. The molecular weight excluding hydrogens is 156 g/mol. The van der Waals surface area contributed by atoms with Crippen LogP contribution >= 0.6 is 0 Å². The van der Waals surface area contributed by atoms with Crippen molar-refractivity contribution in [1.82, 2.24) is 0 Å². The molecule has 0 spiro atoms. The zero-order valence-electron chi connectivity index (χ0n) is 5.86. The second-order valence-electron chi connectivity index (χ2n) is 2.27. The van der Waals surface area contributed by atoms with Gasteiger partial charge in [0.05, 0.1) is 6.10 Å². The first-order chi connectivity index (χ1) is 5.43. The smallest absolute Gasteiger partial charge is 0.0962 e. The van der Waals surface area contributed by atoms with Crippen molar-refractivity contribution in [3.05, 3.63) is 0 Å². The van der Waals surface area contributed by atoms with Gasteiger partial charge >= 0.3 is 0 Å². The van der Waals surface area contributed by atoms with Gasteiger partial charge in [-0.05, 0) is 28.0 Å². The van der Waals surface area contributed by atoms with Crippen LogP contribution < -0.4 is 5.26 Å². The summed E-state index contributed by atoms with van der Waals surface area (Å²) in [5.74, 6) is 0. The lowest BCUT2D eigenvalue weighted by atomic mass is 10.3. The van der Waals surface area contributed by atoms with Gasteiger partial charge in [-0.2, -0.15) is 0 Å². The van der Waals surface area contributed by atoms with E-state index in [-0.39, 0.29) is 6.10 Å². The quantitative estimate of drug-likeness (QED) is 0.323. The van der Waals surface area contributed by atoms with Gasteiger partial charge in [0, 0.05) is 0 Å². The van der Waals surface area contributed by atoms with E-state index in [4.69, 9.17) is 5.26 Å². The van der Waals surface area contributed by atoms with Crippen LogP contribution in [0, 0.1) is 0 Å². The molecule has 0 aromatic heterocycles. The second-order valence-corrected chi connectivity index (χ2v) is 2.27. The van der Waals surface area contributed by atoms with Gasteiger partial charge in [-0.1, -0.05) is 12.8 Å². The molecule has 1 saturated carbocycles. The zero-order chi connectivity index (χ0) is 7.94. The Bertz CT molecular complexity index is 91.0. The van der Waals surface area contributed by atoms with Gasteiger partial charge in [0.25, 0.3) is 0 Å². The Morgan fingerprint density at radius 1 is 1.00 bits per heavy atom. The van der Waals surface area contributed by atoms with Gasteiger partial charge in [-0.25, -0.2) is 4.89 Å². The standard InChI is InChI=1S/C5H10O6/c6-8-10-11-9-7-5-3-1-2-4-5/h5-6H,1-4H2/p-1. The molecule has 0 aromatic carbocycles. The first-order valence-corrected chi connectivity index (χ1v) is 3.39. The van der Waals surface area contributed by atoms with E-state index in [2.05, 4.69) is 25.0 Å². The molecule has 1 rings (SSSR count). The molecule has 1 aliphatic rings. The fourth-order valence-corrected chi connectivity index (χ4v) is 1.08. The summed E-state index contributed by atoms with van der Waals surface area (Å²) in [6.45, 7) is 0. The van der Waals surface area contributed by atoms with E-state index in [0.717, 1.165) is 25.7 Å². The zero-order valence-corrected chi connectivity index (χ0v) is 5.86. The maximum Gasteiger partial charge on any atom is 0.0962 e. The van der Waals surface area contributed by atoms with Crippen molar-refractivity contribution in [3.8, 4) is 0 Å². The number of rotatable bonds is 5. The van der Waals surface area contributed by atoms with Crippen molar-refractivity contribution in [2.24, 2.45) is 0 Å². The Labute approximate surface area is 63.2 Å². The number of hydrogen-bond donors (Lipinski definition) is 0. The van der Waals surface area contributed by atoms with Crippen molar-refractivity contribution in [2.45, 2.75) is 31.8 Å². The van der Waals surface area contributed by atoms with Crippen molar-refractivity contribution in [1.29, 1.82) is 0 Å². The highest BCUT2D eigenvalue weighted by Crippen LogP contribution is 2.20. The van der Waals surface area contributed by atoms with Crippen LogP contribution in [0.1, 0.15) is 25.7 Å². The maximum atomic E-state index is 9.14. The monoisotopic (exact) mass is 165 g/mol. The van der Waals surface area contributed by atoms with E-state index < -0.39 is 0 Å². The average molecular weight is 165 g/mol. The molecule has 6 heteroatoms. The summed E-state index contributed by atoms with van der Waals surface area (Å²) < 4.78 is 0. The third-order valence-corrected chi connectivity index (χ3v) is 1.56. The lowest BCUT2D eigenvalue weighted by Crippen LogP contribution is -2.11. The highest BCUT2D eigenvalue weighted by Gasteiger charge is 2.16. The first kappa shape index (κ1) is 8.85. The van der Waals surface area contributed by atoms with Crippen LogP contribution in [-0.4, -0.2) is 6.10 Å². The Kier molecular flexibility index (Phi) is 4.36. The van der Waals surface area contributed by atoms with Gasteiger partial charge in [-0.15, -0.1) is 0 Å². The van der Waals surface area contributed by atoms with Crippen molar-refractivity contribution >= 4 is 0 Å². The molecule has 11 heavy (non-hydrogen) atoms. The van der Waals surface area contributed by atoms with E-state index in [1.807, 2.05) is 0 Å². The van der Waals surface area contributed by atoms with E-state index >= 15 is 0 Å². The topological polar surface area (TPSA) is 69.2 Å². The molecule has 0 unspecified atom stereocenters. The van der Waals surface area contributed by atoms with Crippen LogP contribution in [0.25, 0.3) is 0 Å². The highest BCUT2D eigenvalue weighted by atomic mass is 17.8. The van der Waals surface area contributed by atoms with Crippen LogP contribution in [-0.2, 0) is 25.0 Å². The summed E-state index contributed by atoms with van der Waals surface area (Å²) in [6, 6.07) is 0. The summed E-state index contributed by atoms with van der Waals surface area (Å²) in [7, 11) is 0. The fourth-order valence-electron chi connectivity index (χ4n) is 1.08. The molecule has 0 bridgehead atoms. The largest absolute Gasteiger partial charge is 0.689 e. The molecule has 0 heterocycles. The molecule has 0 atom stereocenters. The molecule has 0 radical (unpaired) electrons. The van der Waals surface area contributed by atoms with Gasteiger partial charge < -0.3 is 5.26 Å².